The van der Waals surface area contributed by atoms with Crippen molar-refractivity contribution in [3.63, 3.8) is 0 Å². The SMILES string of the molecule is CCc1nn(CC)c(CC(O)C2(C)CCCC2)c1Br. The van der Waals surface area contributed by atoms with Crippen LogP contribution in [0.1, 0.15) is 57.8 Å². The number of rotatable bonds is 5. The molecular formula is C15H25BrN2O. The zero-order valence-corrected chi connectivity index (χ0v) is 13.8. The Labute approximate surface area is 124 Å². The van der Waals surface area contributed by atoms with Gasteiger partial charge in [0.25, 0.3) is 0 Å². The lowest BCUT2D eigenvalue weighted by Crippen LogP contribution is -2.32. The molecule has 1 aliphatic carbocycles. The molecule has 0 bridgehead atoms. The summed E-state index contributed by atoms with van der Waals surface area (Å²) in [7, 11) is 0. The molecule has 1 aromatic heterocycles. The van der Waals surface area contributed by atoms with Crippen molar-refractivity contribution < 1.29 is 5.11 Å². The zero-order valence-electron chi connectivity index (χ0n) is 12.2. The van der Waals surface area contributed by atoms with Gasteiger partial charge in [0.2, 0.25) is 0 Å². The topological polar surface area (TPSA) is 38.0 Å². The van der Waals surface area contributed by atoms with Crippen LogP contribution in [0.5, 0.6) is 0 Å². The molecule has 0 radical (unpaired) electrons. The third-order valence-corrected chi connectivity index (χ3v) is 5.55. The summed E-state index contributed by atoms with van der Waals surface area (Å²) in [6.45, 7) is 7.31. The summed E-state index contributed by atoms with van der Waals surface area (Å²) in [5.41, 5.74) is 2.34. The number of aromatic nitrogens is 2. The van der Waals surface area contributed by atoms with Crippen molar-refractivity contribution in [3.05, 3.63) is 15.9 Å². The van der Waals surface area contributed by atoms with Crippen LogP contribution in [0, 0.1) is 5.41 Å². The van der Waals surface area contributed by atoms with E-state index in [1.165, 1.54) is 12.8 Å². The first-order chi connectivity index (χ1) is 9.01. The summed E-state index contributed by atoms with van der Waals surface area (Å²) in [5.74, 6) is 0. The molecule has 19 heavy (non-hydrogen) atoms. The molecule has 1 aliphatic rings. The van der Waals surface area contributed by atoms with Crippen LogP contribution in [-0.2, 0) is 19.4 Å². The van der Waals surface area contributed by atoms with Crippen molar-refractivity contribution >= 4 is 15.9 Å². The van der Waals surface area contributed by atoms with Crippen LogP contribution in [0.2, 0.25) is 0 Å². The fraction of sp³-hybridized carbons (Fsp3) is 0.800. The molecule has 0 aromatic carbocycles. The van der Waals surface area contributed by atoms with E-state index in [9.17, 15) is 5.11 Å². The molecule has 1 unspecified atom stereocenters. The Hall–Kier alpha value is -0.350. The number of aryl methyl sites for hydroxylation is 2. The van der Waals surface area contributed by atoms with E-state index in [-0.39, 0.29) is 11.5 Å². The van der Waals surface area contributed by atoms with E-state index >= 15 is 0 Å². The van der Waals surface area contributed by atoms with Gasteiger partial charge in [0.05, 0.1) is 22.0 Å². The molecule has 1 saturated carbocycles. The van der Waals surface area contributed by atoms with E-state index in [0.29, 0.717) is 6.42 Å². The Balaban J connectivity index is 2.20. The van der Waals surface area contributed by atoms with E-state index in [0.717, 1.165) is 41.7 Å². The van der Waals surface area contributed by atoms with Gasteiger partial charge < -0.3 is 5.11 Å². The Morgan fingerprint density at radius 1 is 1.37 bits per heavy atom. The lowest BCUT2D eigenvalue weighted by Gasteiger charge is -2.30. The first kappa shape index (κ1) is 15.0. The maximum atomic E-state index is 10.6. The van der Waals surface area contributed by atoms with Gasteiger partial charge in [-0.1, -0.05) is 26.7 Å². The van der Waals surface area contributed by atoms with Crippen molar-refractivity contribution in [2.24, 2.45) is 5.41 Å². The highest BCUT2D eigenvalue weighted by Crippen LogP contribution is 2.42. The number of hydrogen-bond acceptors (Lipinski definition) is 2. The van der Waals surface area contributed by atoms with Gasteiger partial charge in [0.15, 0.2) is 0 Å². The summed E-state index contributed by atoms with van der Waals surface area (Å²) >= 11 is 3.66. The summed E-state index contributed by atoms with van der Waals surface area (Å²) in [5, 5.41) is 15.2. The van der Waals surface area contributed by atoms with Crippen LogP contribution in [-0.4, -0.2) is 21.0 Å². The van der Waals surface area contributed by atoms with Crippen molar-refractivity contribution in [1.82, 2.24) is 9.78 Å². The van der Waals surface area contributed by atoms with Crippen molar-refractivity contribution in [1.29, 1.82) is 0 Å². The smallest absolute Gasteiger partial charge is 0.0766 e. The molecule has 0 saturated heterocycles. The maximum Gasteiger partial charge on any atom is 0.0766 e. The van der Waals surface area contributed by atoms with Crippen LogP contribution in [0.25, 0.3) is 0 Å². The van der Waals surface area contributed by atoms with E-state index in [4.69, 9.17) is 0 Å². The average Bonchev–Trinajstić information content (AvgIpc) is 2.96. The van der Waals surface area contributed by atoms with Gasteiger partial charge in [-0.2, -0.15) is 5.10 Å². The summed E-state index contributed by atoms with van der Waals surface area (Å²) in [6, 6.07) is 0. The second-order valence-electron chi connectivity index (χ2n) is 5.96. The predicted octanol–water partition coefficient (Wildman–Crippen LogP) is 3.71. The minimum absolute atomic E-state index is 0.0919. The molecule has 1 fully saturated rings. The molecule has 0 spiro atoms. The van der Waals surface area contributed by atoms with Crippen LogP contribution in [0.3, 0.4) is 0 Å². The minimum atomic E-state index is -0.266. The van der Waals surface area contributed by atoms with Gasteiger partial charge in [-0.15, -0.1) is 0 Å². The lowest BCUT2D eigenvalue weighted by molar-refractivity contribution is 0.0406. The minimum Gasteiger partial charge on any atom is -0.392 e. The summed E-state index contributed by atoms with van der Waals surface area (Å²) in [6.07, 6.45) is 6.16. The highest BCUT2D eigenvalue weighted by atomic mass is 79.9. The predicted molar refractivity (Wildman–Crippen MR) is 81.3 cm³/mol. The van der Waals surface area contributed by atoms with Gasteiger partial charge >= 0.3 is 0 Å². The zero-order chi connectivity index (χ0) is 14.0. The summed E-state index contributed by atoms with van der Waals surface area (Å²) in [4.78, 5) is 0. The second kappa shape index (κ2) is 5.96. The molecule has 108 valence electrons. The molecule has 4 heteroatoms. The Morgan fingerprint density at radius 3 is 2.53 bits per heavy atom. The Morgan fingerprint density at radius 2 is 2.00 bits per heavy atom. The highest BCUT2D eigenvalue weighted by molar-refractivity contribution is 9.10. The average molecular weight is 329 g/mol. The van der Waals surface area contributed by atoms with Crippen LogP contribution >= 0.6 is 15.9 Å². The van der Waals surface area contributed by atoms with Gasteiger partial charge in [0.1, 0.15) is 0 Å². The third kappa shape index (κ3) is 2.89. The number of hydrogen-bond donors (Lipinski definition) is 1. The van der Waals surface area contributed by atoms with E-state index < -0.39 is 0 Å². The van der Waals surface area contributed by atoms with Crippen molar-refractivity contribution in [2.45, 2.75) is 71.9 Å². The standard InChI is InChI=1S/C15H25BrN2O/c1-4-11-14(16)12(18(5-2)17-11)10-13(19)15(3)8-6-7-9-15/h13,19H,4-10H2,1-3H3. The number of aliphatic hydroxyl groups is 1. The van der Waals surface area contributed by atoms with E-state index in [1.807, 2.05) is 4.68 Å². The number of aliphatic hydroxyl groups excluding tert-OH is 1. The highest BCUT2D eigenvalue weighted by Gasteiger charge is 2.36. The molecule has 1 atom stereocenters. The normalized spacial score (nSPS) is 19.8. The molecule has 2 rings (SSSR count). The number of halogens is 1. The largest absolute Gasteiger partial charge is 0.392 e. The number of nitrogens with zero attached hydrogens (tertiary/aromatic N) is 2. The van der Waals surface area contributed by atoms with Crippen molar-refractivity contribution in [2.75, 3.05) is 0 Å². The molecule has 0 amide bonds. The fourth-order valence-electron chi connectivity index (χ4n) is 3.16. The van der Waals surface area contributed by atoms with E-state index in [1.54, 1.807) is 0 Å². The molecule has 1 heterocycles. The molecule has 1 aromatic rings. The monoisotopic (exact) mass is 328 g/mol. The molecule has 3 nitrogen and oxygen atoms in total. The van der Waals surface area contributed by atoms with Crippen LogP contribution < -0.4 is 0 Å². The van der Waals surface area contributed by atoms with Gasteiger partial charge in [-0.05, 0) is 47.5 Å². The molecular weight excluding hydrogens is 304 g/mol. The maximum absolute atomic E-state index is 10.6. The summed E-state index contributed by atoms with van der Waals surface area (Å²) < 4.78 is 3.13. The fourth-order valence-corrected chi connectivity index (χ4v) is 3.88. The van der Waals surface area contributed by atoms with Gasteiger partial charge in [-0.25, -0.2) is 0 Å². The van der Waals surface area contributed by atoms with Gasteiger partial charge in [-0.3, -0.25) is 4.68 Å². The van der Waals surface area contributed by atoms with Crippen molar-refractivity contribution in [3.8, 4) is 0 Å². The first-order valence-corrected chi connectivity index (χ1v) is 8.23. The van der Waals surface area contributed by atoms with Crippen LogP contribution in [0.4, 0.5) is 0 Å². The quantitative estimate of drug-likeness (QED) is 0.894. The van der Waals surface area contributed by atoms with Gasteiger partial charge in [0, 0.05) is 13.0 Å². The Bertz CT molecular complexity index is 436. The Kier molecular flexibility index (Phi) is 4.72. The lowest BCUT2D eigenvalue weighted by atomic mass is 9.80. The molecule has 1 N–H and O–H groups in total. The third-order valence-electron chi connectivity index (χ3n) is 4.63. The second-order valence-corrected chi connectivity index (χ2v) is 6.75. The first-order valence-electron chi connectivity index (χ1n) is 7.44. The van der Waals surface area contributed by atoms with Crippen LogP contribution in [0.15, 0.2) is 4.47 Å². The molecule has 0 aliphatic heterocycles. The van der Waals surface area contributed by atoms with E-state index in [2.05, 4.69) is 41.8 Å².